The molecule has 0 fully saturated rings. The Morgan fingerprint density at radius 1 is 1.33 bits per heavy atom. The van der Waals surface area contributed by atoms with Crippen molar-refractivity contribution in [3.05, 3.63) is 40.4 Å². The third-order valence-electron chi connectivity index (χ3n) is 2.79. The molecule has 0 saturated carbocycles. The lowest BCUT2D eigenvalue weighted by Crippen LogP contribution is -2.13. The van der Waals surface area contributed by atoms with Crippen molar-refractivity contribution < 1.29 is 13.2 Å². The first-order valence-electron chi connectivity index (χ1n) is 5.97. The van der Waals surface area contributed by atoms with Gasteiger partial charge < -0.3 is 9.30 Å². The van der Waals surface area contributed by atoms with Gasteiger partial charge in [0, 0.05) is 25.0 Å². The first kappa shape index (κ1) is 16.1. The summed E-state index contributed by atoms with van der Waals surface area (Å²) in [6, 6.07) is 2.49. The second-order valence-electron chi connectivity index (χ2n) is 4.18. The van der Waals surface area contributed by atoms with Crippen LogP contribution in [-0.4, -0.2) is 18.0 Å². The largest absolute Gasteiger partial charge is 0.484 e. The highest BCUT2D eigenvalue weighted by Crippen LogP contribution is 2.33. The normalized spacial score (nSPS) is 11.6. The van der Waals surface area contributed by atoms with Crippen molar-refractivity contribution in [1.82, 2.24) is 9.55 Å². The van der Waals surface area contributed by atoms with E-state index in [0.717, 1.165) is 12.4 Å². The van der Waals surface area contributed by atoms with Crippen LogP contribution in [0.3, 0.4) is 0 Å². The van der Waals surface area contributed by atoms with Crippen molar-refractivity contribution in [1.29, 1.82) is 0 Å². The van der Waals surface area contributed by atoms with Crippen molar-refractivity contribution in [2.75, 3.05) is 0 Å². The second kappa shape index (κ2) is 6.23. The standard InChI is InChI=1S/C12H13Cl2N3O3S/c1-2-17-4-3-16-12(17)7-20-10-5-9(14)11(6-8(10)13)21(15,18)19/h3-6H,2,7H2,1H3,(H2,15,18,19). The summed E-state index contributed by atoms with van der Waals surface area (Å²) in [7, 11) is -3.93. The molecule has 2 aromatic rings. The summed E-state index contributed by atoms with van der Waals surface area (Å²) >= 11 is 11.9. The fraction of sp³-hybridized carbons (Fsp3) is 0.250. The van der Waals surface area contributed by atoms with Gasteiger partial charge in [-0.05, 0) is 13.0 Å². The number of nitrogens with two attached hydrogens (primary N) is 1. The summed E-state index contributed by atoms with van der Waals surface area (Å²) in [5, 5.41) is 5.10. The van der Waals surface area contributed by atoms with Gasteiger partial charge in [-0.15, -0.1) is 0 Å². The Labute approximate surface area is 132 Å². The number of hydrogen-bond acceptors (Lipinski definition) is 4. The molecule has 0 atom stereocenters. The summed E-state index contributed by atoms with van der Waals surface area (Å²) < 4.78 is 30.1. The molecule has 6 nitrogen and oxygen atoms in total. The van der Waals surface area contributed by atoms with Crippen molar-refractivity contribution >= 4 is 33.2 Å². The van der Waals surface area contributed by atoms with Gasteiger partial charge in [0.1, 0.15) is 23.1 Å². The minimum absolute atomic E-state index is 0.0456. The first-order valence-corrected chi connectivity index (χ1v) is 8.27. The Morgan fingerprint density at radius 3 is 2.67 bits per heavy atom. The topological polar surface area (TPSA) is 87.2 Å². The smallest absolute Gasteiger partial charge is 0.239 e. The molecule has 0 unspecified atom stereocenters. The number of hydrogen-bond donors (Lipinski definition) is 1. The molecule has 1 aromatic carbocycles. The zero-order valence-electron chi connectivity index (χ0n) is 11.1. The Bertz CT molecular complexity index is 759. The van der Waals surface area contributed by atoms with Crippen LogP contribution in [0.4, 0.5) is 0 Å². The number of aryl methyl sites for hydroxylation is 1. The van der Waals surface area contributed by atoms with Crippen molar-refractivity contribution in [2.24, 2.45) is 5.14 Å². The van der Waals surface area contributed by atoms with Gasteiger partial charge in [0.05, 0.1) is 10.0 Å². The van der Waals surface area contributed by atoms with Crippen LogP contribution in [0.2, 0.25) is 10.0 Å². The zero-order chi connectivity index (χ0) is 15.6. The number of sulfonamides is 1. The molecule has 0 spiro atoms. The number of ether oxygens (including phenoxy) is 1. The lowest BCUT2D eigenvalue weighted by molar-refractivity contribution is 0.290. The number of aromatic nitrogens is 2. The second-order valence-corrected chi connectivity index (χ2v) is 6.52. The van der Waals surface area contributed by atoms with Crippen molar-refractivity contribution in [3.8, 4) is 5.75 Å². The molecule has 2 N–H and O–H groups in total. The molecular weight excluding hydrogens is 337 g/mol. The van der Waals surface area contributed by atoms with E-state index in [1.165, 1.54) is 12.1 Å². The summed E-state index contributed by atoms with van der Waals surface area (Å²) in [5.41, 5.74) is 0. The van der Waals surface area contributed by atoms with Crippen LogP contribution < -0.4 is 9.88 Å². The van der Waals surface area contributed by atoms with E-state index in [0.29, 0.717) is 0 Å². The predicted octanol–water partition coefficient (Wildman–Crippen LogP) is 2.44. The fourth-order valence-corrected chi connectivity index (χ4v) is 3.12. The van der Waals surface area contributed by atoms with Gasteiger partial charge in [-0.2, -0.15) is 0 Å². The molecule has 1 aromatic heterocycles. The molecule has 0 amide bonds. The lowest BCUT2D eigenvalue weighted by atomic mass is 10.3. The summed E-state index contributed by atoms with van der Waals surface area (Å²) in [6.45, 7) is 2.93. The van der Waals surface area contributed by atoms with Gasteiger partial charge in [-0.25, -0.2) is 18.5 Å². The number of halogens is 2. The Hall–Kier alpha value is -1.28. The van der Waals surface area contributed by atoms with Crippen LogP contribution in [0.25, 0.3) is 0 Å². The van der Waals surface area contributed by atoms with Crippen LogP contribution in [0.5, 0.6) is 5.75 Å². The Kier molecular flexibility index (Phi) is 4.77. The average molecular weight is 350 g/mol. The average Bonchev–Trinajstić information content (AvgIpc) is 2.85. The molecule has 0 aliphatic rings. The van der Waals surface area contributed by atoms with E-state index < -0.39 is 10.0 Å². The van der Waals surface area contributed by atoms with Crippen molar-refractivity contribution in [3.63, 3.8) is 0 Å². The monoisotopic (exact) mass is 349 g/mol. The maximum Gasteiger partial charge on any atom is 0.239 e. The highest BCUT2D eigenvalue weighted by atomic mass is 35.5. The van der Waals surface area contributed by atoms with Crippen molar-refractivity contribution in [2.45, 2.75) is 25.0 Å². The van der Waals surface area contributed by atoms with Crippen LogP contribution in [-0.2, 0) is 23.2 Å². The third kappa shape index (κ3) is 3.68. The van der Waals surface area contributed by atoms with E-state index in [1.807, 2.05) is 17.7 Å². The zero-order valence-corrected chi connectivity index (χ0v) is 13.4. The minimum Gasteiger partial charge on any atom is -0.484 e. The van der Waals surface area contributed by atoms with Gasteiger partial charge in [0.2, 0.25) is 10.0 Å². The van der Waals surface area contributed by atoms with E-state index in [4.69, 9.17) is 33.1 Å². The molecule has 1 heterocycles. The van der Waals surface area contributed by atoms with Crippen LogP contribution in [0, 0.1) is 0 Å². The van der Waals surface area contributed by atoms with E-state index in [-0.39, 0.29) is 27.3 Å². The summed E-state index contributed by atoms with van der Waals surface area (Å²) in [5.74, 6) is 0.986. The number of benzene rings is 1. The number of primary sulfonamides is 1. The summed E-state index contributed by atoms with van der Waals surface area (Å²) in [6.07, 6.45) is 3.50. The van der Waals surface area contributed by atoms with E-state index in [1.54, 1.807) is 6.20 Å². The Balaban J connectivity index is 2.24. The maximum absolute atomic E-state index is 11.3. The first-order chi connectivity index (χ1) is 9.82. The molecule has 0 radical (unpaired) electrons. The predicted molar refractivity (Wildman–Crippen MR) is 80.1 cm³/mol. The highest BCUT2D eigenvalue weighted by Gasteiger charge is 2.17. The SMILES string of the molecule is CCn1ccnc1COc1cc(Cl)c(S(N)(=O)=O)cc1Cl. The number of rotatable bonds is 5. The molecule has 114 valence electrons. The highest BCUT2D eigenvalue weighted by molar-refractivity contribution is 7.89. The van der Waals surface area contributed by atoms with E-state index in [9.17, 15) is 8.42 Å². The van der Waals surface area contributed by atoms with E-state index in [2.05, 4.69) is 4.98 Å². The Morgan fingerprint density at radius 2 is 2.05 bits per heavy atom. The van der Waals surface area contributed by atoms with Gasteiger partial charge in [-0.1, -0.05) is 23.2 Å². The number of imidazole rings is 1. The molecule has 0 bridgehead atoms. The van der Waals surface area contributed by atoms with Crippen LogP contribution in [0.1, 0.15) is 12.7 Å². The summed E-state index contributed by atoms with van der Waals surface area (Å²) in [4.78, 5) is 3.92. The molecule has 21 heavy (non-hydrogen) atoms. The quantitative estimate of drug-likeness (QED) is 0.897. The van der Waals surface area contributed by atoms with Gasteiger partial charge in [0.25, 0.3) is 0 Å². The molecule has 9 heteroatoms. The van der Waals surface area contributed by atoms with Gasteiger partial charge in [0.15, 0.2) is 0 Å². The number of nitrogens with zero attached hydrogens (tertiary/aromatic N) is 2. The molecule has 0 saturated heterocycles. The molecule has 0 aliphatic heterocycles. The maximum atomic E-state index is 11.3. The van der Waals surface area contributed by atoms with Crippen LogP contribution in [0.15, 0.2) is 29.4 Å². The minimum atomic E-state index is -3.93. The van der Waals surface area contributed by atoms with Gasteiger partial charge >= 0.3 is 0 Å². The third-order valence-corrected chi connectivity index (χ3v) is 4.46. The lowest BCUT2D eigenvalue weighted by Gasteiger charge is -2.11. The molecule has 0 aliphatic carbocycles. The molecular formula is C12H13Cl2N3O3S. The molecule has 2 rings (SSSR count). The van der Waals surface area contributed by atoms with Gasteiger partial charge in [-0.3, -0.25) is 0 Å². The van der Waals surface area contributed by atoms with Crippen LogP contribution >= 0.6 is 23.2 Å². The fourth-order valence-electron chi connectivity index (χ4n) is 1.75. The van der Waals surface area contributed by atoms with E-state index >= 15 is 0 Å².